The summed E-state index contributed by atoms with van der Waals surface area (Å²) in [5, 5.41) is 14.9. The molecule has 0 bridgehead atoms. The molecule has 0 aliphatic rings. The van der Waals surface area contributed by atoms with Gasteiger partial charge in [0.15, 0.2) is 23.0 Å². The van der Waals surface area contributed by atoms with E-state index < -0.39 is 11.8 Å². The molecule has 0 unspecified atom stereocenters. The van der Waals surface area contributed by atoms with Gasteiger partial charge in [-0.3, -0.25) is 0 Å². The van der Waals surface area contributed by atoms with Gasteiger partial charge in [-0.2, -0.15) is 0 Å². The Bertz CT molecular complexity index is 597. The van der Waals surface area contributed by atoms with E-state index in [1.165, 1.54) is 25.3 Å². The highest BCUT2D eigenvalue weighted by Gasteiger charge is 2.10. The second kappa shape index (κ2) is 5.38. The third kappa shape index (κ3) is 3.01. The first-order valence-corrected chi connectivity index (χ1v) is 5.36. The molecule has 0 amide bonds. The van der Waals surface area contributed by atoms with Crippen molar-refractivity contribution in [1.82, 2.24) is 5.16 Å². The van der Waals surface area contributed by atoms with Gasteiger partial charge in [-0.25, -0.2) is 9.18 Å². The molecule has 0 atom stereocenters. The molecule has 0 spiro atoms. The minimum Gasteiger partial charge on any atom is -0.494 e. The molecule has 0 fully saturated rings. The first-order chi connectivity index (χ1) is 9.10. The Morgan fingerprint density at radius 3 is 2.89 bits per heavy atom. The number of benzene rings is 1. The fourth-order valence-corrected chi connectivity index (χ4v) is 1.46. The Morgan fingerprint density at radius 2 is 2.32 bits per heavy atom. The Morgan fingerprint density at radius 1 is 1.53 bits per heavy atom. The fourth-order valence-electron chi connectivity index (χ4n) is 1.46. The summed E-state index contributed by atoms with van der Waals surface area (Å²) in [7, 11) is 1.38. The fraction of sp³-hybridized carbons (Fsp3) is 0.167. The monoisotopic (exact) mass is 266 g/mol. The van der Waals surface area contributed by atoms with Crippen LogP contribution in [-0.4, -0.2) is 23.3 Å². The highest BCUT2D eigenvalue weighted by molar-refractivity contribution is 5.85. The SMILES string of the molecule is COc1ccc(NCc2cc(C(=O)O)no2)cc1F. The summed E-state index contributed by atoms with van der Waals surface area (Å²) in [5.74, 6) is -1.16. The number of ether oxygens (including phenoxy) is 1. The molecule has 2 rings (SSSR count). The Hall–Kier alpha value is -2.57. The highest BCUT2D eigenvalue weighted by atomic mass is 19.1. The lowest BCUT2D eigenvalue weighted by molar-refractivity contribution is 0.0685. The molecule has 0 saturated carbocycles. The van der Waals surface area contributed by atoms with E-state index in [0.29, 0.717) is 11.4 Å². The van der Waals surface area contributed by atoms with Crippen LogP contribution >= 0.6 is 0 Å². The van der Waals surface area contributed by atoms with Crippen LogP contribution in [0.4, 0.5) is 10.1 Å². The van der Waals surface area contributed by atoms with Gasteiger partial charge < -0.3 is 19.7 Å². The van der Waals surface area contributed by atoms with Crippen LogP contribution in [0.25, 0.3) is 0 Å². The molecule has 2 aromatic rings. The zero-order chi connectivity index (χ0) is 13.8. The van der Waals surface area contributed by atoms with E-state index in [0.717, 1.165) is 0 Å². The van der Waals surface area contributed by atoms with Crippen molar-refractivity contribution in [2.75, 3.05) is 12.4 Å². The molecule has 100 valence electrons. The lowest BCUT2D eigenvalue weighted by atomic mass is 10.3. The number of anilines is 1. The summed E-state index contributed by atoms with van der Waals surface area (Å²) in [6.45, 7) is 0.200. The van der Waals surface area contributed by atoms with Crippen LogP contribution in [0.3, 0.4) is 0 Å². The molecule has 2 N–H and O–H groups in total. The quantitative estimate of drug-likeness (QED) is 0.862. The van der Waals surface area contributed by atoms with E-state index in [-0.39, 0.29) is 18.0 Å². The minimum atomic E-state index is -1.16. The van der Waals surface area contributed by atoms with Crippen molar-refractivity contribution in [3.8, 4) is 5.75 Å². The maximum atomic E-state index is 13.4. The van der Waals surface area contributed by atoms with Gasteiger partial charge in [-0.05, 0) is 12.1 Å². The number of nitrogens with one attached hydrogen (secondary N) is 1. The molecule has 1 aromatic carbocycles. The van der Waals surface area contributed by atoms with Crippen molar-refractivity contribution >= 4 is 11.7 Å². The maximum Gasteiger partial charge on any atom is 0.358 e. The first-order valence-electron chi connectivity index (χ1n) is 5.36. The summed E-state index contributed by atoms with van der Waals surface area (Å²) < 4.78 is 23.0. The second-order valence-electron chi connectivity index (χ2n) is 3.69. The normalized spacial score (nSPS) is 10.2. The molecular weight excluding hydrogens is 255 g/mol. The molecule has 0 radical (unpaired) electrons. The zero-order valence-electron chi connectivity index (χ0n) is 10.0. The largest absolute Gasteiger partial charge is 0.494 e. The molecule has 7 heteroatoms. The zero-order valence-corrected chi connectivity index (χ0v) is 10.0. The molecule has 19 heavy (non-hydrogen) atoms. The van der Waals surface area contributed by atoms with Gasteiger partial charge >= 0.3 is 5.97 Å². The van der Waals surface area contributed by atoms with Gasteiger partial charge in [0.2, 0.25) is 0 Å². The smallest absolute Gasteiger partial charge is 0.358 e. The number of hydrogen-bond donors (Lipinski definition) is 2. The van der Waals surface area contributed by atoms with Gasteiger partial charge in [-0.15, -0.1) is 0 Å². The lowest BCUT2D eigenvalue weighted by Gasteiger charge is -2.06. The molecular formula is C12H11FN2O4. The number of nitrogens with zero attached hydrogens (tertiary/aromatic N) is 1. The number of methoxy groups -OCH3 is 1. The number of carboxylic acids is 1. The average molecular weight is 266 g/mol. The van der Waals surface area contributed by atoms with Gasteiger partial charge in [0.05, 0.1) is 13.7 Å². The number of carboxylic acid groups (broad SMARTS) is 1. The highest BCUT2D eigenvalue weighted by Crippen LogP contribution is 2.21. The number of aromatic carboxylic acids is 1. The van der Waals surface area contributed by atoms with Crippen LogP contribution in [0.1, 0.15) is 16.2 Å². The number of hydrogen-bond acceptors (Lipinski definition) is 5. The number of aromatic nitrogens is 1. The first kappa shape index (κ1) is 12.9. The predicted octanol–water partition coefficient (Wildman–Crippen LogP) is 2.13. The average Bonchev–Trinajstić information content (AvgIpc) is 2.85. The molecule has 0 aliphatic heterocycles. The molecule has 0 aliphatic carbocycles. The van der Waals surface area contributed by atoms with Crippen molar-refractivity contribution in [1.29, 1.82) is 0 Å². The number of carbonyl (C=O) groups is 1. The standard InChI is InChI=1S/C12H11FN2O4/c1-18-11-3-2-7(4-9(11)13)14-6-8-5-10(12(16)17)15-19-8/h2-5,14H,6H2,1H3,(H,16,17). The van der Waals surface area contributed by atoms with Crippen molar-refractivity contribution < 1.29 is 23.6 Å². The summed E-state index contributed by atoms with van der Waals surface area (Å²) in [5.41, 5.74) is 0.351. The molecule has 1 heterocycles. The van der Waals surface area contributed by atoms with E-state index in [1.807, 2.05) is 0 Å². The van der Waals surface area contributed by atoms with E-state index >= 15 is 0 Å². The van der Waals surface area contributed by atoms with Crippen LogP contribution in [0.5, 0.6) is 5.75 Å². The van der Waals surface area contributed by atoms with Gasteiger partial charge in [0.25, 0.3) is 0 Å². The van der Waals surface area contributed by atoms with Gasteiger partial charge in [0, 0.05) is 17.8 Å². The van der Waals surface area contributed by atoms with Crippen LogP contribution in [0.15, 0.2) is 28.8 Å². The van der Waals surface area contributed by atoms with Crippen LogP contribution in [0.2, 0.25) is 0 Å². The number of rotatable bonds is 5. The van der Waals surface area contributed by atoms with Crippen LogP contribution < -0.4 is 10.1 Å². The van der Waals surface area contributed by atoms with Crippen LogP contribution in [0, 0.1) is 5.82 Å². The van der Waals surface area contributed by atoms with Crippen molar-refractivity contribution in [2.45, 2.75) is 6.54 Å². The van der Waals surface area contributed by atoms with E-state index in [2.05, 4.69) is 10.5 Å². The Balaban J connectivity index is 2.01. The third-order valence-corrected chi connectivity index (χ3v) is 2.40. The lowest BCUT2D eigenvalue weighted by Crippen LogP contribution is -1.99. The minimum absolute atomic E-state index is 0.151. The molecule has 1 aromatic heterocycles. The summed E-state index contributed by atoms with van der Waals surface area (Å²) in [6, 6.07) is 5.69. The van der Waals surface area contributed by atoms with Crippen molar-refractivity contribution in [2.24, 2.45) is 0 Å². The van der Waals surface area contributed by atoms with E-state index in [1.54, 1.807) is 6.07 Å². The van der Waals surface area contributed by atoms with E-state index in [4.69, 9.17) is 14.4 Å². The Kier molecular flexibility index (Phi) is 3.65. The summed E-state index contributed by atoms with van der Waals surface area (Å²) in [4.78, 5) is 10.6. The second-order valence-corrected chi connectivity index (χ2v) is 3.69. The summed E-state index contributed by atoms with van der Waals surface area (Å²) >= 11 is 0. The van der Waals surface area contributed by atoms with Gasteiger partial charge in [0.1, 0.15) is 0 Å². The number of halogens is 1. The Labute approximate surface area is 107 Å². The van der Waals surface area contributed by atoms with Crippen LogP contribution in [-0.2, 0) is 6.54 Å². The maximum absolute atomic E-state index is 13.4. The molecule has 0 saturated heterocycles. The molecule has 6 nitrogen and oxygen atoms in total. The van der Waals surface area contributed by atoms with E-state index in [9.17, 15) is 9.18 Å². The predicted molar refractivity (Wildman–Crippen MR) is 63.7 cm³/mol. The van der Waals surface area contributed by atoms with Gasteiger partial charge in [-0.1, -0.05) is 5.16 Å². The summed E-state index contributed by atoms with van der Waals surface area (Å²) in [6.07, 6.45) is 0. The van der Waals surface area contributed by atoms with Crippen molar-refractivity contribution in [3.05, 3.63) is 41.5 Å². The van der Waals surface area contributed by atoms with Crippen molar-refractivity contribution in [3.63, 3.8) is 0 Å². The third-order valence-electron chi connectivity index (χ3n) is 2.40. The topological polar surface area (TPSA) is 84.6 Å².